The van der Waals surface area contributed by atoms with Gasteiger partial charge in [-0.15, -0.1) is 0 Å². The Bertz CT molecular complexity index is 895. The van der Waals surface area contributed by atoms with Gasteiger partial charge in [-0.05, 0) is 43.0 Å². The Morgan fingerprint density at radius 3 is 2.80 bits per heavy atom. The molecule has 158 valence electrons. The quantitative estimate of drug-likeness (QED) is 0.819. The average Bonchev–Trinajstić information content (AvgIpc) is 3.43. The van der Waals surface area contributed by atoms with Gasteiger partial charge in [-0.3, -0.25) is 4.79 Å². The van der Waals surface area contributed by atoms with Crippen molar-refractivity contribution in [1.82, 2.24) is 10.2 Å². The van der Waals surface area contributed by atoms with Crippen LogP contribution in [0, 0.1) is 0 Å². The second-order valence-electron chi connectivity index (χ2n) is 8.41. The molecule has 2 aliphatic rings. The lowest BCUT2D eigenvalue weighted by Crippen LogP contribution is -2.48. The lowest BCUT2D eigenvalue weighted by molar-refractivity contribution is 0.0883. The normalized spacial score (nSPS) is 23.4. The minimum atomic E-state index is -0.477. The van der Waals surface area contributed by atoms with Crippen molar-refractivity contribution in [1.29, 1.82) is 0 Å². The van der Waals surface area contributed by atoms with Crippen LogP contribution in [0.25, 0.3) is 0 Å². The third kappa shape index (κ3) is 4.82. The number of amides is 2. The molecule has 2 heterocycles. The lowest BCUT2D eigenvalue weighted by Gasteiger charge is -2.26. The number of hydrogen-bond donors (Lipinski definition) is 1. The van der Waals surface area contributed by atoms with Crippen LogP contribution < -0.4 is 5.32 Å². The molecule has 2 saturated heterocycles. The first-order chi connectivity index (χ1) is 14.5. The second-order valence-corrected chi connectivity index (χ2v) is 8.41. The lowest BCUT2D eigenvalue weighted by atomic mass is 9.96. The topological polar surface area (TPSA) is 67.9 Å². The molecule has 0 aliphatic carbocycles. The summed E-state index contributed by atoms with van der Waals surface area (Å²) in [5.74, 6) is 0.243. The molecule has 1 N–H and O–H groups in total. The molecule has 30 heavy (non-hydrogen) atoms. The third-order valence-electron chi connectivity index (χ3n) is 5.90. The zero-order valence-corrected chi connectivity index (χ0v) is 17.3. The Labute approximate surface area is 177 Å². The molecule has 2 atom stereocenters. The monoisotopic (exact) mass is 408 g/mol. The molecule has 0 saturated carbocycles. The van der Waals surface area contributed by atoms with Crippen molar-refractivity contribution in [3.8, 4) is 0 Å². The predicted molar refractivity (Wildman–Crippen MR) is 113 cm³/mol. The fourth-order valence-electron chi connectivity index (χ4n) is 4.11. The van der Waals surface area contributed by atoms with Gasteiger partial charge in [0.2, 0.25) is 0 Å². The summed E-state index contributed by atoms with van der Waals surface area (Å²) in [5, 5.41) is 3.13. The van der Waals surface area contributed by atoms with Crippen LogP contribution in [-0.4, -0.2) is 48.7 Å². The average molecular weight is 408 g/mol. The van der Waals surface area contributed by atoms with E-state index in [4.69, 9.17) is 9.47 Å². The van der Waals surface area contributed by atoms with E-state index in [0.717, 1.165) is 24.2 Å². The van der Waals surface area contributed by atoms with Crippen LogP contribution in [0.4, 0.5) is 4.79 Å². The molecule has 6 nitrogen and oxygen atoms in total. The van der Waals surface area contributed by atoms with Gasteiger partial charge in [0.15, 0.2) is 0 Å². The molecular formula is C24H28N2O4. The SMILES string of the molecule is CC1(NC(=O)c2cccc(C3CCOC3)c2)CCN(C(=O)OCc2ccccc2)C1. The molecule has 4 rings (SSSR count). The van der Waals surface area contributed by atoms with Crippen molar-refractivity contribution in [3.63, 3.8) is 0 Å². The van der Waals surface area contributed by atoms with Gasteiger partial charge < -0.3 is 19.7 Å². The van der Waals surface area contributed by atoms with Gasteiger partial charge in [-0.25, -0.2) is 4.79 Å². The molecule has 0 bridgehead atoms. The van der Waals surface area contributed by atoms with Crippen LogP contribution in [0.15, 0.2) is 54.6 Å². The number of benzene rings is 2. The van der Waals surface area contributed by atoms with Gasteiger partial charge in [0.1, 0.15) is 6.61 Å². The predicted octanol–water partition coefficient (Wildman–Crippen LogP) is 3.72. The van der Waals surface area contributed by atoms with E-state index in [1.807, 2.05) is 55.5 Å². The number of carbonyl (C=O) groups excluding carboxylic acids is 2. The highest BCUT2D eigenvalue weighted by molar-refractivity contribution is 5.95. The largest absolute Gasteiger partial charge is 0.445 e. The van der Waals surface area contributed by atoms with E-state index in [1.54, 1.807) is 4.90 Å². The molecule has 6 heteroatoms. The van der Waals surface area contributed by atoms with Gasteiger partial charge in [0.05, 0.1) is 12.1 Å². The Morgan fingerprint density at radius 2 is 2.03 bits per heavy atom. The summed E-state index contributed by atoms with van der Waals surface area (Å²) in [4.78, 5) is 27.0. The van der Waals surface area contributed by atoms with Crippen LogP contribution in [0.5, 0.6) is 0 Å². The van der Waals surface area contributed by atoms with E-state index < -0.39 is 5.54 Å². The highest BCUT2D eigenvalue weighted by atomic mass is 16.6. The maximum atomic E-state index is 12.9. The Morgan fingerprint density at radius 1 is 1.20 bits per heavy atom. The van der Waals surface area contributed by atoms with Crippen LogP contribution in [0.2, 0.25) is 0 Å². The number of ether oxygens (including phenoxy) is 2. The van der Waals surface area contributed by atoms with E-state index in [1.165, 1.54) is 0 Å². The minimum absolute atomic E-state index is 0.113. The van der Waals surface area contributed by atoms with Crippen molar-refractivity contribution < 1.29 is 19.1 Å². The van der Waals surface area contributed by atoms with Gasteiger partial charge in [0, 0.05) is 31.2 Å². The smallest absolute Gasteiger partial charge is 0.410 e. The summed E-state index contributed by atoms with van der Waals surface area (Å²) in [6.45, 7) is 4.70. The van der Waals surface area contributed by atoms with E-state index in [2.05, 4.69) is 11.4 Å². The molecule has 2 unspecified atom stereocenters. The first-order valence-electron chi connectivity index (χ1n) is 10.5. The van der Waals surface area contributed by atoms with Crippen molar-refractivity contribution in [2.75, 3.05) is 26.3 Å². The van der Waals surface area contributed by atoms with Crippen LogP contribution in [0.1, 0.15) is 47.2 Å². The highest BCUT2D eigenvalue weighted by Gasteiger charge is 2.38. The van der Waals surface area contributed by atoms with Crippen molar-refractivity contribution in [2.45, 2.75) is 37.8 Å². The fraction of sp³-hybridized carbons (Fsp3) is 0.417. The van der Waals surface area contributed by atoms with E-state index >= 15 is 0 Å². The number of likely N-dealkylation sites (tertiary alicyclic amines) is 1. The third-order valence-corrected chi connectivity index (χ3v) is 5.90. The maximum Gasteiger partial charge on any atom is 0.410 e. The van der Waals surface area contributed by atoms with Gasteiger partial charge in [-0.1, -0.05) is 42.5 Å². The first kappa shape index (κ1) is 20.4. The minimum Gasteiger partial charge on any atom is -0.445 e. The summed E-state index contributed by atoms with van der Waals surface area (Å²) in [5.41, 5.74) is 2.26. The number of carbonyl (C=O) groups is 2. The number of nitrogens with one attached hydrogen (secondary N) is 1. The zero-order valence-electron chi connectivity index (χ0n) is 17.3. The summed E-state index contributed by atoms with van der Waals surface area (Å²) in [6.07, 6.45) is 1.33. The van der Waals surface area contributed by atoms with Crippen LogP contribution >= 0.6 is 0 Å². The molecule has 0 aromatic heterocycles. The van der Waals surface area contributed by atoms with Gasteiger partial charge in [0.25, 0.3) is 5.91 Å². The van der Waals surface area contributed by atoms with E-state index in [-0.39, 0.29) is 18.6 Å². The van der Waals surface area contributed by atoms with Crippen molar-refractivity contribution >= 4 is 12.0 Å². The van der Waals surface area contributed by atoms with E-state index in [9.17, 15) is 9.59 Å². The second kappa shape index (κ2) is 8.88. The molecule has 2 fully saturated rings. The van der Waals surface area contributed by atoms with Gasteiger partial charge >= 0.3 is 6.09 Å². The maximum absolute atomic E-state index is 12.9. The summed E-state index contributed by atoms with van der Waals surface area (Å²) >= 11 is 0. The molecule has 2 amide bonds. The van der Waals surface area contributed by atoms with Crippen LogP contribution in [-0.2, 0) is 16.1 Å². The highest BCUT2D eigenvalue weighted by Crippen LogP contribution is 2.26. The van der Waals surface area contributed by atoms with E-state index in [0.29, 0.717) is 37.6 Å². The van der Waals surface area contributed by atoms with Crippen LogP contribution in [0.3, 0.4) is 0 Å². The standard InChI is InChI=1S/C24H28N2O4/c1-24(11-12-26(17-24)23(28)30-15-18-6-3-2-4-7-18)25-22(27)20-9-5-8-19(14-20)21-10-13-29-16-21/h2-9,14,21H,10-13,15-17H2,1H3,(H,25,27). The molecule has 2 aromatic carbocycles. The molecular weight excluding hydrogens is 380 g/mol. The molecule has 0 spiro atoms. The summed E-state index contributed by atoms with van der Waals surface area (Å²) < 4.78 is 10.9. The molecule has 2 aromatic rings. The number of nitrogens with zero attached hydrogens (tertiary/aromatic N) is 1. The molecule has 0 radical (unpaired) electrons. The summed E-state index contributed by atoms with van der Waals surface area (Å²) in [6, 6.07) is 17.4. The first-order valence-corrected chi connectivity index (χ1v) is 10.5. The summed E-state index contributed by atoms with van der Waals surface area (Å²) in [7, 11) is 0. The van der Waals surface area contributed by atoms with Gasteiger partial charge in [-0.2, -0.15) is 0 Å². The number of rotatable bonds is 5. The van der Waals surface area contributed by atoms with Crippen molar-refractivity contribution in [2.24, 2.45) is 0 Å². The number of hydrogen-bond acceptors (Lipinski definition) is 4. The Kier molecular flexibility index (Phi) is 6.04. The molecule has 2 aliphatic heterocycles. The van der Waals surface area contributed by atoms with Crippen molar-refractivity contribution in [3.05, 3.63) is 71.3 Å². The Balaban J connectivity index is 1.33. The fourth-order valence-corrected chi connectivity index (χ4v) is 4.11. The Hall–Kier alpha value is -2.86. The zero-order chi connectivity index (χ0) is 21.0.